The molecule has 9 aliphatic carbocycles. The van der Waals surface area contributed by atoms with Crippen LogP contribution in [0, 0.1) is 78.8 Å². The summed E-state index contributed by atoms with van der Waals surface area (Å²) in [5.41, 5.74) is -10.1. The van der Waals surface area contributed by atoms with Crippen molar-refractivity contribution in [2.75, 3.05) is 26.4 Å². The van der Waals surface area contributed by atoms with Crippen LogP contribution in [-0.4, -0.2) is 118 Å². The number of rotatable bonds is 6. The molecule has 6 spiro atoms. The lowest BCUT2D eigenvalue weighted by atomic mass is 9.36. The van der Waals surface area contributed by atoms with E-state index < -0.39 is 150 Å². The van der Waals surface area contributed by atoms with Crippen LogP contribution >= 0.6 is 0 Å². The molecular weight excluding hydrogens is 833 g/mol. The van der Waals surface area contributed by atoms with Crippen LogP contribution in [0.3, 0.4) is 0 Å². The summed E-state index contributed by atoms with van der Waals surface area (Å²) in [6.45, 7) is 9.06. The molecule has 13 fully saturated rings. The summed E-state index contributed by atoms with van der Waals surface area (Å²) in [6.07, 6.45) is -0.389. The number of hydrogen-bond acceptors (Lipinski definition) is 16. The molecule has 16 heteroatoms. The molecule has 16 nitrogen and oxygen atoms in total. The zero-order chi connectivity index (χ0) is 45.8. The predicted octanol–water partition coefficient (Wildman–Crippen LogP) is 2.71. The van der Waals surface area contributed by atoms with Crippen LogP contribution in [0.5, 0.6) is 0 Å². The van der Waals surface area contributed by atoms with E-state index in [1.54, 1.807) is 0 Å². The highest BCUT2D eigenvalue weighted by Crippen LogP contribution is 2.88. The molecule has 352 valence electrons. The second-order valence-corrected chi connectivity index (χ2v) is 23.2. The van der Waals surface area contributed by atoms with Crippen molar-refractivity contribution in [3.05, 3.63) is 0 Å². The molecule has 6 unspecified atom stereocenters. The molecule has 4 N–H and O–H groups in total. The number of Topliss-reactive ketones (excluding diaryl/α,β-unsaturated/α-hetero) is 2. The van der Waals surface area contributed by atoms with Crippen molar-refractivity contribution in [1.29, 1.82) is 0 Å². The van der Waals surface area contributed by atoms with E-state index in [0.717, 1.165) is 0 Å². The van der Waals surface area contributed by atoms with Crippen LogP contribution in [-0.2, 0) is 57.2 Å². The molecule has 4 aliphatic heterocycles. The number of ketones is 2. The first-order valence-corrected chi connectivity index (χ1v) is 23.8. The second-order valence-electron chi connectivity index (χ2n) is 23.2. The lowest BCUT2D eigenvalue weighted by Crippen LogP contribution is -2.80. The van der Waals surface area contributed by atoms with Gasteiger partial charge in [-0.05, 0) is 99.7 Å². The zero-order valence-electron chi connectivity index (χ0n) is 37.8. The molecule has 0 aromatic carbocycles. The molecule has 0 aromatic rings. The van der Waals surface area contributed by atoms with Gasteiger partial charge < -0.3 is 48.8 Å². The molecule has 64 heavy (non-hydrogen) atoms. The Balaban J connectivity index is 1.00. The standard InChI is InChI=1S/C48H64O16/c1-23(49)59-19-39(5)31-17-45(57)47-29(41(31,21-61-45)13-11-33(39)63-25(3)51)9-7-27(35(47)53)43(37(47)55)15-16-44(43)28-8-10-30-42-14-12-34(64-26(4)52)40(6,20-60-24(2)50)32(42)18-46(58,62-22-42)48(30,36(28)54)38(44)56/h27-36,53-54,57-58H,7-22H2,1-6H3/t27-,28-,29+,30+,31-,32-,33?,34?,35-,36-,39+,40+,41-,42?,43?,44?,45+,46?,47-,48-/m1/s1. The molecule has 4 saturated heterocycles. The van der Waals surface area contributed by atoms with Crippen molar-refractivity contribution >= 4 is 35.4 Å². The van der Waals surface area contributed by atoms with Crippen molar-refractivity contribution in [2.24, 2.45) is 78.8 Å². The highest BCUT2D eigenvalue weighted by Gasteiger charge is 2.96. The number of carbonyl (C=O) groups is 6. The summed E-state index contributed by atoms with van der Waals surface area (Å²) >= 11 is 0. The normalized spacial score (nSPS) is 56.7. The van der Waals surface area contributed by atoms with Gasteiger partial charge >= 0.3 is 23.9 Å². The van der Waals surface area contributed by atoms with Gasteiger partial charge in [0, 0.05) is 73.0 Å². The predicted molar refractivity (Wildman–Crippen MR) is 215 cm³/mol. The number of aliphatic hydroxyl groups is 4. The van der Waals surface area contributed by atoms with Crippen LogP contribution in [0.2, 0.25) is 0 Å². The largest absolute Gasteiger partial charge is 0.465 e. The minimum Gasteiger partial charge on any atom is -0.465 e. The van der Waals surface area contributed by atoms with Gasteiger partial charge in [-0.2, -0.15) is 0 Å². The third kappa shape index (κ3) is 4.37. The Hall–Kier alpha value is -3.02. The van der Waals surface area contributed by atoms with E-state index in [0.29, 0.717) is 51.4 Å². The molecule has 0 radical (unpaired) electrons. The Morgan fingerprint density at radius 2 is 0.938 bits per heavy atom. The van der Waals surface area contributed by atoms with E-state index in [1.165, 1.54) is 27.7 Å². The van der Waals surface area contributed by atoms with E-state index in [2.05, 4.69) is 0 Å². The number of esters is 4. The van der Waals surface area contributed by atoms with Crippen LogP contribution in [0.15, 0.2) is 0 Å². The van der Waals surface area contributed by atoms with Crippen molar-refractivity contribution < 1.29 is 77.6 Å². The number of ether oxygens (including phenoxy) is 6. The highest BCUT2D eigenvalue weighted by molar-refractivity contribution is 6.07. The van der Waals surface area contributed by atoms with E-state index >= 15 is 9.59 Å². The van der Waals surface area contributed by atoms with Crippen LogP contribution in [0.4, 0.5) is 0 Å². The van der Waals surface area contributed by atoms with Gasteiger partial charge in [0.2, 0.25) is 0 Å². The molecule has 4 heterocycles. The summed E-state index contributed by atoms with van der Waals surface area (Å²) in [6, 6.07) is 0. The minimum absolute atomic E-state index is 0.0826. The van der Waals surface area contributed by atoms with Gasteiger partial charge in [0.15, 0.2) is 23.1 Å². The van der Waals surface area contributed by atoms with E-state index in [1.807, 2.05) is 13.8 Å². The molecule has 0 aromatic heterocycles. The molecule has 8 bridgehead atoms. The maximum atomic E-state index is 16.4. The Labute approximate surface area is 372 Å². The fourth-order valence-electron chi connectivity index (χ4n) is 19.6. The van der Waals surface area contributed by atoms with Gasteiger partial charge in [-0.3, -0.25) is 28.8 Å². The monoisotopic (exact) mass is 896 g/mol. The zero-order valence-corrected chi connectivity index (χ0v) is 37.8. The fourth-order valence-corrected chi connectivity index (χ4v) is 19.6. The maximum absolute atomic E-state index is 16.4. The molecule has 9 saturated carbocycles. The molecular formula is C48H64O16. The van der Waals surface area contributed by atoms with Crippen molar-refractivity contribution in [2.45, 2.75) is 155 Å². The molecule has 13 rings (SSSR count). The highest BCUT2D eigenvalue weighted by atomic mass is 16.6. The van der Waals surface area contributed by atoms with Crippen LogP contribution in [0.25, 0.3) is 0 Å². The summed E-state index contributed by atoms with van der Waals surface area (Å²) in [7, 11) is 0. The van der Waals surface area contributed by atoms with Gasteiger partial charge in [0.25, 0.3) is 0 Å². The van der Waals surface area contributed by atoms with Gasteiger partial charge in [0.1, 0.15) is 36.3 Å². The SMILES string of the molecule is CC(=O)OC[C@]1(C)C(OC(C)=O)CCC23COC(O)(C[C@@H]21)[C@]12C(=O)C4(CCC45C(=O)[C@]46[C@H](O)[C@H]5CC[C@H]4[C@]45CCC(OC(C)=O)[C@@](C)(COC(C)=O)[C@H]4C[C@]6(O)OC5)[C@H](CC[C@@H]31)[C@H]2O. The topological polar surface area (TPSA) is 239 Å². The molecule has 20 atom stereocenters. The summed E-state index contributed by atoms with van der Waals surface area (Å²) in [5, 5.41) is 52.4. The number of carbonyl (C=O) groups excluding carboxylic acids is 6. The average Bonchev–Trinajstić information content (AvgIpc) is 3.39. The Morgan fingerprint density at radius 3 is 1.27 bits per heavy atom. The minimum atomic E-state index is -2.18. The van der Waals surface area contributed by atoms with Gasteiger partial charge in [-0.1, -0.05) is 13.8 Å². The summed E-state index contributed by atoms with van der Waals surface area (Å²) in [5.74, 6) is -10.7. The second kappa shape index (κ2) is 12.9. The Kier molecular flexibility index (Phi) is 8.80. The first kappa shape index (κ1) is 43.5. The lowest BCUT2D eigenvalue weighted by Gasteiger charge is -2.73. The Bertz CT molecular complexity index is 2010. The number of aliphatic hydroxyl groups excluding tert-OH is 2. The first-order chi connectivity index (χ1) is 30.0. The fraction of sp³-hybridized carbons (Fsp3) is 0.875. The van der Waals surface area contributed by atoms with Gasteiger partial charge in [-0.25, -0.2) is 0 Å². The van der Waals surface area contributed by atoms with Crippen LogP contribution in [0.1, 0.15) is 119 Å². The van der Waals surface area contributed by atoms with Crippen molar-refractivity contribution in [3.63, 3.8) is 0 Å². The number of fused-ring (bicyclic) bond motifs is 7. The molecule has 0 amide bonds. The average molecular weight is 897 g/mol. The van der Waals surface area contributed by atoms with E-state index in [4.69, 9.17) is 28.4 Å². The van der Waals surface area contributed by atoms with Gasteiger partial charge in [-0.15, -0.1) is 0 Å². The van der Waals surface area contributed by atoms with Crippen molar-refractivity contribution in [1.82, 2.24) is 0 Å². The quantitative estimate of drug-likeness (QED) is 0.222. The third-order valence-electron chi connectivity index (χ3n) is 21.7. The smallest absolute Gasteiger partial charge is 0.302 e. The third-order valence-corrected chi connectivity index (χ3v) is 21.7. The van der Waals surface area contributed by atoms with Gasteiger partial charge in [0.05, 0.1) is 25.4 Å². The summed E-state index contributed by atoms with van der Waals surface area (Å²) in [4.78, 5) is 82.3. The van der Waals surface area contributed by atoms with E-state index in [9.17, 15) is 39.6 Å². The summed E-state index contributed by atoms with van der Waals surface area (Å²) < 4.78 is 36.2. The Morgan fingerprint density at radius 1 is 0.562 bits per heavy atom. The number of hydrogen-bond donors (Lipinski definition) is 4. The molecule has 13 aliphatic rings. The first-order valence-electron chi connectivity index (χ1n) is 23.8. The van der Waals surface area contributed by atoms with Crippen molar-refractivity contribution in [3.8, 4) is 0 Å². The van der Waals surface area contributed by atoms with Crippen LogP contribution < -0.4 is 0 Å². The lowest BCUT2D eigenvalue weighted by molar-refractivity contribution is -0.420. The maximum Gasteiger partial charge on any atom is 0.302 e. The van der Waals surface area contributed by atoms with E-state index in [-0.39, 0.29) is 52.1 Å².